The SMILES string of the molecule is Cc1ccccc1NC(=O)Nc1ccc(CC(=O)N2CC(O)CC2c2nccs2)cc1. The van der Waals surface area contributed by atoms with E-state index in [2.05, 4.69) is 15.6 Å². The standard InChI is InChI=1S/C23H24N4O3S/c1-15-4-2-3-5-19(15)26-23(30)25-17-8-6-16(7-9-17)12-21(29)27-14-18(28)13-20(27)22-24-10-11-31-22/h2-11,18,20,28H,12-14H2,1H3,(H2,25,26,30). The van der Waals surface area contributed by atoms with Crippen LogP contribution in [0.5, 0.6) is 0 Å². The van der Waals surface area contributed by atoms with E-state index in [1.165, 1.54) is 11.3 Å². The predicted octanol–water partition coefficient (Wildman–Crippen LogP) is 3.97. The summed E-state index contributed by atoms with van der Waals surface area (Å²) in [6.45, 7) is 2.25. The summed E-state index contributed by atoms with van der Waals surface area (Å²) < 4.78 is 0. The molecule has 1 aromatic heterocycles. The fourth-order valence-corrected chi connectivity index (χ4v) is 4.47. The number of likely N-dealkylation sites (tertiary alicyclic amines) is 1. The number of hydrogen-bond acceptors (Lipinski definition) is 5. The number of anilines is 2. The van der Waals surface area contributed by atoms with Gasteiger partial charge in [0.15, 0.2) is 0 Å². The van der Waals surface area contributed by atoms with Crippen molar-refractivity contribution in [2.45, 2.75) is 31.9 Å². The lowest BCUT2D eigenvalue weighted by molar-refractivity contribution is -0.131. The first-order valence-corrected chi connectivity index (χ1v) is 11.0. The molecule has 31 heavy (non-hydrogen) atoms. The third-order valence-corrected chi connectivity index (χ3v) is 6.17. The van der Waals surface area contributed by atoms with Crippen molar-refractivity contribution in [2.24, 2.45) is 0 Å². The van der Waals surface area contributed by atoms with Crippen LogP contribution >= 0.6 is 11.3 Å². The number of aryl methyl sites for hydroxylation is 1. The number of amides is 3. The van der Waals surface area contributed by atoms with E-state index < -0.39 is 6.10 Å². The molecule has 0 saturated carbocycles. The Balaban J connectivity index is 1.35. The molecule has 0 radical (unpaired) electrons. The summed E-state index contributed by atoms with van der Waals surface area (Å²) >= 11 is 1.50. The Kier molecular flexibility index (Phi) is 6.29. The molecule has 4 rings (SSSR count). The zero-order valence-electron chi connectivity index (χ0n) is 17.1. The van der Waals surface area contributed by atoms with Crippen LogP contribution in [0.3, 0.4) is 0 Å². The Morgan fingerprint density at radius 3 is 2.65 bits per heavy atom. The molecule has 3 aromatic rings. The van der Waals surface area contributed by atoms with Gasteiger partial charge in [-0.05, 0) is 36.2 Å². The van der Waals surface area contributed by atoms with Crippen molar-refractivity contribution in [3.05, 3.63) is 76.2 Å². The highest BCUT2D eigenvalue weighted by Gasteiger charge is 2.36. The third kappa shape index (κ3) is 5.10. The van der Waals surface area contributed by atoms with Crippen molar-refractivity contribution < 1.29 is 14.7 Å². The zero-order chi connectivity index (χ0) is 21.8. The Morgan fingerprint density at radius 2 is 1.94 bits per heavy atom. The van der Waals surface area contributed by atoms with Gasteiger partial charge in [-0.1, -0.05) is 30.3 Å². The number of nitrogens with zero attached hydrogens (tertiary/aromatic N) is 2. The molecule has 3 amide bonds. The summed E-state index contributed by atoms with van der Waals surface area (Å²) in [7, 11) is 0. The molecule has 160 valence electrons. The molecule has 2 atom stereocenters. The minimum atomic E-state index is -0.531. The molecule has 1 saturated heterocycles. The van der Waals surface area contributed by atoms with Crippen molar-refractivity contribution >= 4 is 34.6 Å². The van der Waals surface area contributed by atoms with E-state index in [1.54, 1.807) is 23.2 Å². The maximum absolute atomic E-state index is 12.9. The predicted molar refractivity (Wildman–Crippen MR) is 121 cm³/mol. The third-order valence-electron chi connectivity index (χ3n) is 5.30. The van der Waals surface area contributed by atoms with Crippen LogP contribution < -0.4 is 10.6 Å². The first-order valence-electron chi connectivity index (χ1n) is 10.1. The number of rotatable bonds is 5. The van der Waals surface area contributed by atoms with Crippen LogP contribution in [0.25, 0.3) is 0 Å². The molecular weight excluding hydrogens is 412 g/mol. The van der Waals surface area contributed by atoms with Gasteiger partial charge in [-0.25, -0.2) is 9.78 Å². The first kappa shape index (κ1) is 21.0. The zero-order valence-corrected chi connectivity index (χ0v) is 17.9. The molecule has 7 nitrogen and oxygen atoms in total. The quantitative estimate of drug-likeness (QED) is 0.564. The number of aliphatic hydroxyl groups is 1. The van der Waals surface area contributed by atoms with Crippen LogP contribution in [0, 0.1) is 6.92 Å². The van der Waals surface area contributed by atoms with Gasteiger partial charge in [0, 0.05) is 35.9 Å². The van der Waals surface area contributed by atoms with Gasteiger partial charge < -0.3 is 20.6 Å². The molecule has 0 aliphatic carbocycles. The number of aromatic nitrogens is 1. The van der Waals surface area contributed by atoms with E-state index in [9.17, 15) is 14.7 Å². The summed E-state index contributed by atoms with van der Waals surface area (Å²) in [4.78, 5) is 31.1. The first-order chi connectivity index (χ1) is 15.0. The summed E-state index contributed by atoms with van der Waals surface area (Å²) in [5, 5.41) is 18.4. The highest BCUT2D eigenvalue weighted by atomic mass is 32.1. The lowest BCUT2D eigenvalue weighted by Gasteiger charge is -2.23. The number of carbonyl (C=O) groups is 2. The highest BCUT2D eigenvalue weighted by molar-refractivity contribution is 7.09. The molecule has 2 aromatic carbocycles. The molecule has 3 N–H and O–H groups in total. The van der Waals surface area contributed by atoms with E-state index in [0.29, 0.717) is 18.7 Å². The van der Waals surface area contributed by atoms with Crippen LogP contribution in [-0.4, -0.2) is 39.6 Å². The molecule has 1 fully saturated rings. The maximum atomic E-state index is 12.9. The van der Waals surface area contributed by atoms with Crippen molar-refractivity contribution in [1.29, 1.82) is 0 Å². The molecule has 2 unspecified atom stereocenters. The number of hydrogen-bond donors (Lipinski definition) is 3. The Morgan fingerprint density at radius 1 is 1.16 bits per heavy atom. The fourth-order valence-electron chi connectivity index (χ4n) is 3.70. The Labute approximate surface area is 184 Å². The number of thiazole rings is 1. The van der Waals surface area contributed by atoms with Gasteiger partial charge in [-0.2, -0.15) is 0 Å². The normalized spacial score (nSPS) is 18.1. The molecular formula is C23H24N4O3S. The second-order valence-electron chi connectivity index (χ2n) is 7.59. The second kappa shape index (κ2) is 9.28. The number of nitrogens with one attached hydrogen (secondary N) is 2. The Bertz CT molecular complexity index is 1050. The van der Waals surface area contributed by atoms with Crippen LogP contribution in [0.15, 0.2) is 60.1 Å². The lowest BCUT2D eigenvalue weighted by Crippen LogP contribution is -2.33. The largest absolute Gasteiger partial charge is 0.391 e. The molecule has 0 bridgehead atoms. The number of benzene rings is 2. The van der Waals surface area contributed by atoms with Crippen LogP contribution in [-0.2, 0) is 11.2 Å². The van der Waals surface area contributed by atoms with Gasteiger partial charge in [0.1, 0.15) is 5.01 Å². The summed E-state index contributed by atoms with van der Waals surface area (Å²) in [5.74, 6) is -0.0465. The Hall–Kier alpha value is -3.23. The fraction of sp³-hybridized carbons (Fsp3) is 0.261. The minimum absolute atomic E-state index is 0.0465. The number of β-amino-alcohol motifs (C(OH)–C–C–N with tert-alkyl or cyclic N) is 1. The number of urea groups is 1. The van der Waals surface area contributed by atoms with Crippen molar-refractivity contribution in [2.75, 3.05) is 17.2 Å². The van der Waals surface area contributed by atoms with Gasteiger partial charge in [0.25, 0.3) is 0 Å². The van der Waals surface area contributed by atoms with Crippen LogP contribution in [0.1, 0.15) is 28.6 Å². The van der Waals surface area contributed by atoms with Crippen molar-refractivity contribution in [1.82, 2.24) is 9.88 Å². The molecule has 1 aliphatic heterocycles. The second-order valence-corrected chi connectivity index (χ2v) is 8.52. The van der Waals surface area contributed by atoms with Crippen LogP contribution in [0.2, 0.25) is 0 Å². The molecule has 1 aliphatic rings. The summed E-state index contributed by atoms with van der Waals surface area (Å²) in [6.07, 6.45) is 1.92. The topological polar surface area (TPSA) is 94.6 Å². The molecule has 8 heteroatoms. The van der Waals surface area contributed by atoms with Gasteiger partial charge in [0.2, 0.25) is 5.91 Å². The number of para-hydroxylation sites is 1. The number of carbonyl (C=O) groups excluding carboxylic acids is 2. The van der Waals surface area contributed by atoms with Crippen LogP contribution in [0.4, 0.5) is 16.2 Å². The van der Waals surface area contributed by atoms with Gasteiger partial charge in [0.05, 0.1) is 18.6 Å². The summed E-state index contributed by atoms with van der Waals surface area (Å²) in [6, 6.07) is 14.3. The smallest absolute Gasteiger partial charge is 0.323 e. The van der Waals surface area contributed by atoms with E-state index >= 15 is 0 Å². The van der Waals surface area contributed by atoms with E-state index in [0.717, 1.165) is 21.8 Å². The highest BCUT2D eigenvalue weighted by Crippen LogP contribution is 2.33. The molecule has 0 spiro atoms. The van der Waals surface area contributed by atoms with Gasteiger partial charge in [-0.15, -0.1) is 11.3 Å². The van der Waals surface area contributed by atoms with Gasteiger partial charge >= 0.3 is 6.03 Å². The van der Waals surface area contributed by atoms with E-state index in [1.807, 2.05) is 48.7 Å². The van der Waals surface area contributed by atoms with Crippen molar-refractivity contribution in [3.8, 4) is 0 Å². The van der Waals surface area contributed by atoms with Crippen molar-refractivity contribution in [3.63, 3.8) is 0 Å². The molecule has 2 heterocycles. The number of aliphatic hydroxyl groups excluding tert-OH is 1. The minimum Gasteiger partial charge on any atom is -0.391 e. The summed E-state index contributed by atoms with van der Waals surface area (Å²) in [5.41, 5.74) is 3.22. The lowest BCUT2D eigenvalue weighted by atomic mass is 10.1. The average Bonchev–Trinajstić information content (AvgIpc) is 3.41. The average molecular weight is 437 g/mol. The van der Waals surface area contributed by atoms with E-state index in [-0.39, 0.29) is 24.4 Å². The maximum Gasteiger partial charge on any atom is 0.323 e. The monoisotopic (exact) mass is 436 g/mol. The van der Waals surface area contributed by atoms with Gasteiger partial charge in [-0.3, -0.25) is 4.79 Å². The van der Waals surface area contributed by atoms with E-state index in [4.69, 9.17) is 0 Å².